The first-order valence-electron chi connectivity index (χ1n) is 40.3. The average Bonchev–Trinajstić information content (AvgIpc) is 1.14. The summed E-state index contributed by atoms with van der Waals surface area (Å²) in [6, 6.07) is 0. The largest absolute Gasteiger partial charge is 0.472 e. The summed E-state index contributed by atoms with van der Waals surface area (Å²) in [5, 5.41) is 10.6. The fraction of sp³-hybridized carbons (Fsp3) is 0.949. The van der Waals surface area contributed by atoms with Gasteiger partial charge in [-0.2, -0.15) is 0 Å². The summed E-state index contributed by atoms with van der Waals surface area (Å²) in [6.45, 7) is 11.9. The van der Waals surface area contributed by atoms with Crippen molar-refractivity contribution in [2.45, 2.75) is 420 Å². The molecule has 17 nitrogen and oxygen atoms in total. The molecule has 0 fully saturated rings. The smallest absolute Gasteiger partial charge is 0.462 e. The van der Waals surface area contributed by atoms with Crippen LogP contribution in [0.15, 0.2) is 0 Å². The van der Waals surface area contributed by atoms with Crippen LogP contribution < -0.4 is 0 Å². The number of carbonyl (C=O) groups excluding carboxylic acids is 4. The Morgan fingerprint density at radius 2 is 0.474 bits per heavy atom. The maximum absolute atomic E-state index is 13.1. The molecule has 0 aromatic carbocycles. The number of rotatable bonds is 76. The van der Waals surface area contributed by atoms with Gasteiger partial charge in [-0.3, -0.25) is 37.3 Å². The third-order valence-corrected chi connectivity index (χ3v) is 20.0. The van der Waals surface area contributed by atoms with Crippen molar-refractivity contribution < 1.29 is 80.2 Å². The molecule has 0 saturated heterocycles. The standard InChI is InChI=1S/C78H152O17P2/c1-8-9-10-11-35-45-52-59-75(80)88-65-73(94-77(82)62-55-48-41-34-28-22-21-25-31-38-44-51-58-71(6)7)67-92-96(84,85)90-63-72(79)64-91-97(86,87)93-68-74(66-89-76(81)60-53-46-39-32-26-19-16-15-18-24-30-37-43-50-57-70(4)5)95-78(83)61-54-47-40-33-27-20-14-12-13-17-23-29-36-42-49-56-69(2)3/h69-74,79H,8-68H2,1-7H3,(H,84,85)(H,86,87)/t72-,73+,74+/m0/s1. The first-order chi connectivity index (χ1) is 46.7. The van der Waals surface area contributed by atoms with E-state index in [1.54, 1.807) is 0 Å². The topological polar surface area (TPSA) is 237 Å². The van der Waals surface area contributed by atoms with Gasteiger partial charge in [0.05, 0.1) is 26.4 Å². The molecule has 0 aliphatic carbocycles. The summed E-state index contributed by atoms with van der Waals surface area (Å²) in [5.74, 6) is 0.260. The Balaban J connectivity index is 5.19. The van der Waals surface area contributed by atoms with Crippen molar-refractivity contribution in [2.75, 3.05) is 39.6 Å². The van der Waals surface area contributed by atoms with Crippen molar-refractivity contribution in [3.63, 3.8) is 0 Å². The molecule has 97 heavy (non-hydrogen) atoms. The second kappa shape index (κ2) is 68.5. The molecule has 0 aromatic heterocycles. The van der Waals surface area contributed by atoms with Gasteiger partial charge in [0, 0.05) is 25.7 Å². The second-order valence-electron chi connectivity index (χ2n) is 29.5. The highest BCUT2D eigenvalue weighted by Gasteiger charge is 2.30. The monoisotopic (exact) mass is 1420 g/mol. The van der Waals surface area contributed by atoms with Gasteiger partial charge >= 0.3 is 39.5 Å². The van der Waals surface area contributed by atoms with E-state index in [4.69, 9.17) is 37.0 Å². The fourth-order valence-electron chi connectivity index (χ4n) is 12.0. The molecule has 5 atom stereocenters. The van der Waals surface area contributed by atoms with Gasteiger partial charge in [-0.1, -0.05) is 350 Å². The molecule has 0 amide bonds. The lowest BCUT2D eigenvalue weighted by molar-refractivity contribution is -0.161. The molecule has 0 aliphatic heterocycles. The van der Waals surface area contributed by atoms with Gasteiger partial charge in [-0.05, 0) is 43.4 Å². The molecule has 0 aromatic rings. The number of hydrogen-bond donors (Lipinski definition) is 3. The van der Waals surface area contributed by atoms with Crippen molar-refractivity contribution >= 4 is 39.5 Å². The number of ether oxygens (including phenoxy) is 4. The molecule has 0 aliphatic rings. The Kier molecular flexibility index (Phi) is 67.1. The molecule has 19 heteroatoms. The molecule has 0 heterocycles. The zero-order valence-electron chi connectivity index (χ0n) is 63.5. The summed E-state index contributed by atoms with van der Waals surface area (Å²) in [5.41, 5.74) is 0. The van der Waals surface area contributed by atoms with Crippen molar-refractivity contribution in [2.24, 2.45) is 17.8 Å². The number of phosphoric acid groups is 2. The summed E-state index contributed by atoms with van der Waals surface area (Å²) < 4.78 is 68.5. The zero-order chi connectivity index (χ0) is 71.6. The minimum Gasteiger partial charge on any atom is -0.462 e. The highest BCUT2D eigenvalue weighted by atomic mass is 31.2. The maximum atomic E-state index is 13.1. The van der Waals surface area contributed by atoms with Gasteiger partial charge < -0.3 is 33.8 Å². The summed E-state index contributed by atoms with van der Waals surface area (Å²) >= 11 is 0. The van der Waals surface area contributed by atoms with Crippen molar-refractivity contribution in [3.05, 3.63) is 0 Å². The zero-order valence-corrected chi connectivity index (χ0v) is 65.3. The maximum Gasteiger partial charge on any atom is 0.472 e. The van der Waals surface area contributed by atoms with E-state index in [-0.39, 0.29) is 25.7 Å². The van der Waals surface area contributed by atoms with E-state index in [2.05, 4.69) is 48.5 Å². The minimum absolute atomic E-state index is 0.106. The molecular formula is C78H152O17P2. The van der Waals surface area contributed by atoms with Crippen LogP contribution in [0.3, 0.4) is 0 Å². The summed E-state index contributed by atoms with van der Waals surface area (Å²) in [4.78, 5) is 72.8. The van der Waals surface area contributed by atoms with Crippen LogP contribution in [-0.2, 0) is 65.4 Å². The SMILES string of the molecule is CCCCCCCCCC(=O)OC[C@H](COP(=O)(O)OC[C@H](O)COP(=O)(O)OC[C@@H](COC(=O)CCCCCCCCCCCCCCCCC(C)C)OC(=O)CCCCCCCCCCCCCCCCCC(C)C)OC(=O)CCCCCCCCCCCCCCC(C)C. The van der Waals surface area contributed by atoms with E-state index in [9.17, 15) is 43.2 Å². The number of aliphatic hydroxyl groups is 1. The van der Waals surface area contributed by atoms with E-state index in [0.29, 0.717) is 25.7 Å². The average molecular weight is 1420 g/mol. The molecule has 0 saturated carbocycles. The number of esters is 4. The molecule has 0 bridgehead atoms. The van der Waals surface area contributed by atoms with Crippen molar-refractivity contribution in [1.29, 1.82) is 0 Å². The Bertz CT molecular complexity index is 1890. The molecule has 3 N–H and O–H groups in total. The molecule has 0 radical (unpaired) electrons. The molecule has 0 spiro atoms. The van der Waals surface area contributed by atoms with E-state index >= 15 is 0 Å². The van der Waals surface area contributed by atoms with Crippen molar-refractivity contribution in [3.8, 4) is 0 Å². The van der Waals surface area contributed by atoms with Crippen LogP contribution in [0.4, 0.5) is 0 Å². The van der Waals surface area contributed by atoms with Crippen LogP contribution >= 0.6 is 15.6 Å². The third-order valence-electron chi connectivity index (χ3n) is 18.1. The molecule has 576 valence electrons. The Hall–Kier alpha value is -1.94. The lowest BCUT2D eigenvalue weighted by Gasteiger charge is -2.21. The van der Waals surface area contributed by atoms with Gasteiger partial charge in [0.15, 0.2) is 12.2 Å². The van der Waals surface area contributed by atoms with E-state index in [1.807, 2.05) is 0 Å². The highest BCUT2D eigenvalue weighted by Crippen LogP contribution is 2.45. The number of hydrogen-bond acceptors (Lipinski definition) is 15. The lowest BCUT2D eigenvalue weighted by Crippen LogP contribution is -2.30. The van der Waals surface area contributed by atoms with Crippen LogP contribution in [0.1, 0.15) is 402 Å². The van der Waals surface area contributed by atoms with Crippen LogP contribution in [0.25, 0.3) is 0 Å². The van der Waals surface area contributed by atoms with Gasteiger partial charge in [0.1, 0.15) is 19.3 Å². The Morgan fingerprint density at radius 3 is 0.701 bits per heavy atom. The van der Waals surface area contributed by atoms with Gasteiger partial charge in [0.2, 0.25) is 0 Å². The van der Waals surface area contributed by atoms with Crippen LogP contribution in [0.5, 0.6) is 0 Å². The Morgan fingerprint density at radius 1 is 0.278 bits per heavy atom. The summed E-state index contributed by atoms with van der Waals surface area (Å²) in [6.07, 6.45) is 55.6. The predicted molar refractivity (Wildman–Crippen MR) is 395 cm³/mol. The number of aliphatic hydroxyl groups excluding tert-OH is 1. The van der Waals surface area contributed by atoms with E-state index in [1.165, 1.54) is 199 Å². The normalized spacial score (nSPS) is 14.0. The van der Waals surface area contributed by atoms with E-state index in [0.717, 1.165) is 120 Å². The van der Waals surface area contributed by atoms with E-state index < -0.39 is 97.5 Å². The Labute approximate surface area is 594 Å². The minimum atomic E-state index is -4.96. The highest BCUT2D eigenvalue weighted by molar-refractivity contribution is 7.47. The number of unbranched alkanes of at least 4 members (excludes halogenated alkanes) is 44. The van der Waals surface area contributed by atoms with Gasteiger partial charge in [0.25, 0.3) is 0 Å². The fourth-order valence-corrected chi connectivity index (χ4v) is 13.5. The third kappa shape index (κ3) is 72.2. The van der Waals surface area contributed by atoms with Crippen LogP contribution in [-0.4, -0.2) is 96.7 Å². The molecule has 2 unspecified atom stereocenters. The molecule has 0 rings (SSSR count). The lowest BCUT2D eigenvalue weighted by atomic mass is 10.0. The van der Waals surface area contributed by atoms with Gasteiger partial charge in [-0.25, -0.2) is 9.13 Å². The van der Waals surface area contributed by atoms with Gasteiger partial charge in [-0.15, -0.1) is 0 Å². The first-order valence-corrected chi connectivity index (χ1v) is 43.3. The predicted octanol–water partition coefficient (Wildman–Crippen LogP) is 23.0. The second-order valence-corrected chi connectivity index (χ2v) is 32.4. The molecular weight excluding hydrogens is 1270 g/mol. The van der Waals surface area contributed by atoms with Crippen LogP contribution in [0.2, 0.25) is 0 Å². The summed E-state index contributed by atoms with van der Waals surface area (Å²) in [7, 11) is -9.91. The van der Waals surface area contributed by atoms with Crippen molar-refractivity contribution in [1.82, 2.24) is 0 Å². The van der Waals surface area contributed by atoms with Crippen LogP contribution in [0, 0.1) is 17.8 Å². The number of phosphoric ester groups is 2. The first kappa shape index (κ1) is 95.1. The quantitative estimate of drug-likeness (QED) is 0.0222. The number of carbonyl (C=O) groups is 4.